The highest BCUT2D eigenvalue weighted by Gasteiger charge is 2.31. The third kappa shape index (κ3) is 3.99. The van der Waals surface area contributed by atoms with Crippen LogP contribution >= 0.6 is 22.9 Å². The van der Waals surface area contributed by atoms with Crippen LogP contribution in [0.5, 0.6) is 0 Å². The SMILES string of the molecule is CCC1CCC(CNC2CC2)C(Cc2ccc(Cl)s2)C1. The maximum Gasteiger partial charge on any atom is 0.0931 e. The molecule has 112 valence electrons. The van der Waals surface area contributed by atoms with Gasteiger partial charge in [-0.25, -0.2) is 0 Å². The Morgan fingerprint density at radius 3 is 2.70 bits per heavy atom. The van der Waals surface area contributed by atoms with E-state index in [1.165, 1.54) is 56.4 Å². The van der Waals surface area contributed by atoms with Crippen molar-refractivity contribution in [2.45, 2.75) is 57.9 Å². The third-order valence-corrected chi connectivity index (χ3v) is 6.42. The molecule has 0 amide bonds. The summed E-state index contributed by atoms with van der Waals surface area (Å²) in [5.74, 6) is 2.68. The number of halogens is 1. The van der Waals surface area contributed by atoms with Crippen molar-refractivity contribution in [2.24, 2.45) is 17.8 Å². The lowest BCUT2D eigenvalue weighted by Crippen LogP contribution is -2.34. The molecule has 2 saturated carbocycles. The largest absolute Gasteiger partial charge is 0.314 e. The van der Waals surface area contributed by atoms with Gasteiger partial charge in [0.2, 0.25) is 0 Å². The Kier molecular flexibility index (Phi) is 5.06. The van der Waals surface area contributed by atoms with Gasteiger partial charge < -0.3 is 5.32 Å². The van der Waals surface area contributed by atoms with Gasteiger partial charge in [0, 0.05) is 10.9 Å². The molecule has 1 nitrogen and oxygen atoms in total. The number of hydrogen-bond donors (Lipinski definition) is 1. The second-order valence-corrected chi connectivity index (χ2v) is 8.50. The summed E-state index contributed by atoms with van der Waals surface area (Å²) in [7, 11) is 0. The van der Waals surface area contributed by atoms with Gasteiger partial charge in [-0.2, -0.15) is 0 Å². The Labute approximate surface area is 132 Å². The first kappa shape index (κ1) is 14.9. The summed E-state index contributed by atoms with van der Waals surface area (Å²) < 4.78 is 0.940. The van der Waals surface area contributed by atoms with Crippen LogP contribution in [0.15, 0.2) is 12.1 Å². The van der Waals surface area contributed by atoms with Gasteiger partial charge in [0.25, 0.3) is 0 Å². The predicted octanol–water partition coefficient (Wildman–Crippen LogP) is 5.14. The van der Waals surface area contributed by atoms with Crippen LogP contribution < -0.4 is 5.32 Å². The average molecular weight is 312 g/mol. The zero-order chi connectivity index (χ0) is 13.9. The summed E-state index contributed by atoms with van der Waals surface area (Å²) in [6, 6.07) is 5.13. The quantitative estimate of drug-likeness (QED) is 0.767. The molecule has 0 radical (unpaired) electrons. The van der Waals surface area contributed by atoms with Crippen molar-refractivity contribution in [3.05, 3.63) is 21.3 Å². The Morgan fingerprint density at radius 2 is 2.05 bits per heavy atom. The smallest absolute Gasteiger partial charge is 0.0931 e. The van der Waals surface area contributed by atoms with Gasteiger partial charge in [-0.15, -0.1) is 11.3 Å². The third-order valence-electron chi connectivity index (χ3n) is 5.16. The maximum atomic E-state index is 6.09. The Bertz CT molecular complexity index is 426. The summed E-state index contributed by atoms with van der Waals surface area (Å²) in [5.41, 5.74) is 0. The first-order valence-electron chi connectivity index (χ1n) is 8.22. The van der Waals surface area contributed by atoms with Crippen molar-refractivity contribution in [3.8, 4) is 0 Å². The Balaban J connectivity index is 1.60. The van der Waals surface area contributed by atoms with Crippen molar-refractivity contribution >= 4 is 22.9 Å². The van der Waals surface area contributed by atoms with E-state index in [1.54, 1.807) is 11.3 Å². The van der Waals surface area contributed by atoms with Crippen molar-refractivity contribution in [1.82, 2.24) is 5.32 Å². The molecule has 0 bridgehead atoms. The second kappa shape index (κ2) is 6.81. The molecule has 0 aromatic carbocycles. The van der Waals surface area contributed by atoms with E-state index in [-0.39, 0.29) is 0 Å². The first-order valence-corrected chi connectivity index (χ1v) is 9.41. The fraction of sp³-hybridized carbons (Fsp3) is 0.765. The van der Waals surface area contributed by atoms with Crippen LogP contribution in [-0.4, -0.2) is 12.6 Å². The minimum absolute atomic E-state index is 0.843. The molecule has 2 aliphatic carbocycles. The van der Waals surface area contributed by atoms with Gasteiger partial charge in [-0.1, -0.05) is 31.4 Å². The van der Waals surface area contributed by atoms with Gasteiger partial charge in [0.05, 0.1) is 4.34 Å². The molecular formula is C17H26ClNS. The molecule has 3 heteroatoms. The molecule has 1 heterocycles. The van der Waals surface area contributed by atoms with Crippen molar-refractivity contribution < 1.29 is 0 Å². The van der Waals surface area contributed by atoms with Crippen LogP contribution in [0.3, 0.4) is 0 Å². The highest BCUT2D eigenvalue weighted by Crippen LogP contribution is 2.39. The number of thiophene rings is 1. The Hall–Kier alpha value is -0.0500. The second-order valence-electron chi connectivity index (χ2n) is 6.70. The van der Waals surface area contributed by atoms with Crippen LogP contribution in [0.2, 0.25) is 4.34 Å². The van der Waals surface area contributed by atoms with Gasteiger partial charge in [-0.3, -0.25) is 0 Å². The van der Waals surface area contributed by atoms with Crippen molar-refractivity contribution in [1.29, 1.82) is 0 Å². The molecule has 3 atom stereocenters. The number of nitrogens with one attached hydrogen (secondary N) is 1. The van der Waals surface area contributed by atoms with E-state index in [0.717, 1.165) is 28.1 Å². The zero-order valence-electron chi connectivity index (χ0n) is 12.4. The molecule has 2 aliphatic rings. The van der Waals surface area contributed by atoms with Gasteiger partial charge >= 0.3 is 0 Å². The standard InChI is InChI=1S/C17H26ClNS/c1-2-12-3-4-13(11-19-15-5-6-15)14(9-12)10-16-7-8-17(18)20-16/h7-8,12-15,19H,2-6,9-11H2,1H3. The van der Waals surface area contributed by atoms with E-state index in [9.17, 15) is 0 Å². The van der Waals surface area contributed by atoms with Crippen molar-refractivity contribution in [3.63, 3.8) is 0 Å². The van der Waals surface area contributed by atoms with E-state index in [0.29, 0.717) is 0 Å². The number of hydrogen-bond acceptors (Lipinski definition) is 2. The van der Waals surface area contributed by atoms with Gasteiger partial charge in [0.15, 0.2) is 0 Å². The van der Waals surface area contributed by atoms with E-state index < -0.39 is 0 Å². The van der Waals surface area contributed by atoms with Crippen LogP contribution in [0.1, 0.15) is 50.3 Å². The predicted molar refractivity (Wildman–Crippen MR) is 88.7 cm³/mol. The molecule has 2 fully saturated rings. The molecule has 1 aromatic rings. The number of rotatable bonds is 6. The normalized spacial score (nSPS) is 30.6. The summed E-state index contributed by atoms with van der Waals surface area (Å²) >= 11 is 7.86. The lowest BCUT2D eigenvalue weighted by Gasteiger charge is -2.36. The van der Waals surface area contributed by atoms with Crippen LogP contribution in [0, 0.1) is 17.8 Å². The van der Waals surface area contributed by atoms with Crippen LogP contribution in [0.4, 0.5) is 0 Å². The summed E-state index contributed by atoms with van der Waals surface area (Å²) in [4.78, 5) is 1.48. The topological polar surface area (TPSA) is 12.0 Å². The van der Waals surface area contributed by atoms with Gasteiger partial charge in [0.1, 0.15) is 0 Å². The molecule has 0 aliphatic heterocycles. The van der Waals surface area contributed by atoms with Gasteiger partial charge in [-0.05, 0) is 68.5 Å². The highest BCUT2D eigenvalue weighted by molar-refractivity contribution is 7.16. The van der Waals surface area contributed by atoms with E-state index in [1.807, 2.05) is 0 Å². The minimum Gasteiger partial charge on any atom is -0.314 e. The first-order chi connectivity index (χ1) is 9.74. The summed E-state index contributed by atoms with van der Waals surface area (Å²) in [6.07, 6.45) is 9.67. The lowest BCUT2D eigenvalue weighted by atomic mass is 9.71. The molecule has 0 saturated heterocycles. The fourth-order valence-electron chi connectivity index (χ4n) is 3.64. The summed E-state index contributed by atoms with van der Waals surface area (Å²) in [6.45, 7) is 3.59. The fourth-order valence-corrected chi connectivity index (χ4v) is 4.82. The molecule has 3 unspecified atom stereocenters. The zero-order valence-corrected chi connectivity index (χ0v) is 14.0. The monoisotopic (exact) mass is 311 g/mol. The maximum absolute atomic E-state index is 6.09. The molecule has 0 spiro atoms. The van der Waals surface area contributed by atoms with Crippen molar-refractivity contribution in [2.75, 3.05) is 6.54 Å². The molecule has 1 N–H and O–H groups in total. The molecular weight excluding hydrogens is 286 g/mol. The lowest BCUT2D eigenvalue weighted by molar-refractivity contribution is 0.171. The van der Waals surface area contributed by atoms with E-state index in [4.69, 9.17) is 11.6 Å². The van der Waals surface area contributed by atoms with Crippen LogP contribution in [-0.2, 0) is 6.42 Å². The van der Waals surface area contributed by atoms with E-state index in [2.05, 4.69) is 24.4 Å². The van der Waals surface area contributed by atoms with Crippen LogP contribution in [0.25, 0.3) is 0 Å². The highest BCUT2D eigenvalue weighted by atomic mass is 35.5. The summed E-state index contributed by atoms with van der Waals surface area (Å²) in [5, 5.41) is 3.76. The minimum atomic E-state index is 0.843. The average Bonchev–Trinajstić information content (AvgIpc) is 3.20. The molecule has 20 heavy (non-hydrogen) atoms. The molecule has 3 rings (SSSR count). The molecule has 1 aromatic heterocycles. The Morgan fingerprint density at radius 1 is 1.20 bits per heavy atom. The van der Waals surface area contributed by atoms with E-state index >= 15 is 0 Å².